The van der Waals surface area contributed by atoms with Crippen LogP contribution >= 0.6 is 0 Å². The number of fused-ring (bicyclic) bond motifs is 1. The van der Waals surface area contributed by atoms with Gasteiger partial charge in [-0.25, -0.2) is 4.79 Å². The summed E-state index contributed by atoms with van der Waals surface area (Å²) in [5, 5.41) is 40.7. The van der Waals surface area contributed by atoms with E-state index in [9.17, 15) is 25.2 Å². The minimum Gasteiger partial charge on any atom is -0.465 e. The standard InChI is InChI=1S/C32H32O7/c1-38-32(37)27-23-14-7-3-6-13-22(23)24(16-19-9-4-2-5-10-19)25(27)17-20-11-8-12-21(15-20)31-30(36)29(35)28(34)26(18-33)39-31/h2-15,26,28-31,33-36H,16-18H2,1H3/t26-,28-,29+,30-,31+/m1/s1. The summed E-state index contributed by atoms with van der Waals surface area (Å²) in [7, 11) is 1.38. The molecule has 1 aliphatic heterocycles. The first-order valence-electron chi connectivity index (χ1n) is 13.0. The van der Waals surface area contributed by atoms with E-state index in [2.05, 4.69) is 12.1 Å². The molecule has 4 N–H and O–H groups in total. The second-order valence-corrected chi connectivity index (χ2v) is 9.90. The van der Waals surface area contributed by atoms with Crippen molar-refractivity contribution >= 4 is 5.97 Å². The fourth-order valence-electron chi connectivity index (χ4n) is 5.50. The van der Waals surface area contributed by atoms with Crippen LogP contribution in [-0.2, 0) is 22.3 Å². The van der Waals surface area contributed by atoms with Gasteiger partial charge in [0.05, 0.1) is 19.3 Å². The Morgan fingerprint density at radius 1 is 0.769 bits per heavy atom. The van der Waals surface area contributed by atoms with Crippen molar-refractivity contribution < 1.29 is 34.7 Å². The molecule has 2 aromatic rings. The summed E-state index contributed by atoms with van der Waals surface area (Å²) in [5.41, 5.74) is 6.78. The lowest BCUT2D eigenvalue weighted by atomic mass is 9.89. The molecule has 0 bridgehead atoms. The zero-order valence-corrected chi connectivity index (χ0v) is 21.6. The van der Waals surface area contributed by atoms with Gasteiger partial charge in [-0.15, -0.1) is 0 Å². The van der Waals surface area contributed by atoms with Gasteiger partial charge in [-0.05, 0) is 51.8 Å². The second-order valence-electron chi connectivity index (χ2n) is 9.90. The third-order valence-corrected chi connectivity index (χ3v) is 7.46. The minimum atomic E-state index is -1.46. The number of esters is 1. The molecule has 7 nitrogen and oxygen atoms in total. The number of ether oxygens (including phenoxy) is 2. The van der Waals surface area contributed by atoms with E-state index in [-0.39, 0.29) is 0 Å². The molecule has 0 spiro atoms. The fraction of sp³-hybridized carbons (Fsp3) is 0.281. The maximum absolute atomic E-state index is 13.1. The number of methoxy groups -OCH3 is 1. The summed E-state index contributed by atoms with van der Waals surface area (Å²) in [6.07, 6.45) is -5.17. The summed E-state index contributed by atoms with van der Waals surface area (Å²) in [5.74, 6) is -0.411. The van der Waals surface area contributed by atoms with Crippen LogP contribution in [0, 0.1) is 0 Å². The fourth-order valence-corrected chi connectivity index (χ4v) is 5.50. The van der Waals surface area contributed by atoms with Crippen molar-refractivity contribution in [2.24, 2.45) is 0 Å². The third kappa shape index (κ3) is 5.32. The highest BCUT2D eigenvalue weighted by atomic mass is 16.5. The zero-order chi connectivity index (χ0) is 27.5. The monoisotopic (exact) mass is 528 g/mol. The Hall–Kier alpha value is -3.59. The molecule has 5 rings (SSSR count). The van der Waals surface area contributed by atoms with E-state index in [4.69, 9.17) is 9.47 Å². The van der Waals surface area contributed by atoms with Crippen molar-refractivity contribution in [2.45, 2.75) is 43.4 Å². The normalized spacial score (nSPS) is 23.1. The second kappa shape index (κ2) is 11.7. The number of hydrogen-bond donors (Lipinski definition) is 4. The first-order valence-corrected chi connectivity index (χ1v) is 13.0. The van der Waals surface area contributed by atoms with Gasteiger partial charge >= 0.3 is 5.97 Å². The summed E-state index contributed by atoms with van der Waals surface area (Å²) in [6, 6.07) is 27.2. The van der Waals surface area contributed by atoms with Crippen LogP contribution in [0.1, 0.15) is 44.3 Å². The Labute approximate surface area is 227 Å². The molecule has 202 valence electrons. The van der Waals surface area contributed by atoms with Crippen molar-refractivity contribution in [1.29, 1.82) is 0 Å². The SMILES string of the molecule is COC(=O)c1c2cccccc-2c(Cc2ccccc2)c1Cc1cccc([C@@H]2O[C@H](CO)[C@@H](O)[C@H](O)[C@H]2O)c1. The van der Waals surface area contributed by atoms with Crippen LogP contribution in [0.25, 0.3) is 11.1 Å². The molecule has 2 aromatic carbocycles. The summed E-state index contributed by atoms with van der Waals surface area (Å²) in [6.45, 7) is -0.496. The average Bonchev–Trinajstić information content (AvgIpc) is 3.08. The molecule has 39 heavy (non-hydrogen) atoms. The predicted octanol–water partition coefficient (Wildman–Crippen LogP) is 3.27. The van der Waals surface area contributed by atoms with Crippen LogP contribution in [-0.4, -0.2) is 64.5 Å². The highest BCUT2D eigenvalue weighted by molar-refractivity contribution is 6.02. The smallest absolute Gasteiger partial charge is 0.338 e. The first-order chi connectivity index (χ1) is 18.9. The quantitative estimate of drug-likeness (QED) is 0.272. The molecule has 5 atom stereocenters. The minimum absolute atomic E-state index is 0.411. The molecule has 0 radical (unpaired) electrons. The molecule has 0 saturated carbocycles. The van der Waals surface area contributed by atoms with E-state index < -0.39 is 43.1 Å². The number of aliphatic hydroxyl groups excluding tert-OH is 4. The van der Waals surface area contributed by atoms with Crippen LogP contribution in [0.5, 0.6) is 0 Å². The lowest BCUT2D eigenvalue weighted by Crippen LogP contribution is -2.55. The summed E-state index contributed by atoms with van der Waals surface area (Å²) in [4.78, 5) is 13.1. The number of carbonyl (C=O) groups is 1. The molecule has 0 aromatic heterocycles. The van der Waals surface area contributed by atoms with Gasteiger partial charge in [0.25, 0.3) is 0 Å². The Kier molecular flexibility index (Phi) is 8.07. The molecule has 2 aliphatic carbocycles. The van der Waals surface area contributed by atoms with Gasteiger partial charge in [0.2, 0.25) is 0 Å². The highest BCUT2D eigenvalue weighted by Crippen LogP contribution is 2.40. The molecule has 1 heterocycles. The number of hydrogen-bond acceptors (Lipinski definition) is 7. The van der Waals surface area contributed by atoms with Crippen LogP contribution in [0.15, 0.2) is 84.9 Å². The molecular weight excluding hydrogens is 496 g/mol. The Morgan fingerprint density at radius 2 is 1.41 bits per heavy atom. The number of benzene rings is 2. The van der Waals surface area contributed by atoms with Gasteiger partial charge in [-0.1, -0.05) is 84.9 Å². The van der Waals surface area contributed by atoms with Crippen molar-refractivity contribution in [2.75, 3.05) is 13.7 Å². The topological polar surface area (TPSA) is 116 Å². The van der Waals surface area contributed by atoms with Gasteiger partial charge in [0.1, 0.15) is 30.5 Å². The van der Waals surface area contributed by atoms with Crippen LogP contribution in [0.4, 0.5) is 0 Å². The Morgan fingerprint density at radius 3 is 2.10 bits per heavy atom. The third-order valence-electron chi connectivity index (χ3n) is 7.46. The molecule has 1 saturated heterocycles. The molecule has 0 amide bonds. The van der Waals surface area contributed by atoms with E-state index in [1.54, 1.807) is 6.07 Å². The van der Waals surface area contributed by atoms with Crippen LogP contribution < -0.4 is 0 Å². The van der Waals surface area contributed by atoms with Crippen molar-refractivity contribution in [3.05, 3.63) is 118 Å². The Balaban J connectivity index is 1.59. The van der Waals surface area contributed by atoms with Crippen molar-refractivity contribution in [3.8, 4) is 11.1 Å². The van der Waals surface area contributed by atoms with Crippen LogP contribution in [0.2, 0.25) is 0 Å². The molecule has 7 heteroatoms. The largest absolute Gasteiger partial charge is 0.465 e. The first kappa shape index (κ1) is 27.0. The van der Waals surface area contributed by atoms with Gasteiger partial charge < -0.3 is 29.9 Å². The summed E-state index contributed by atoms with van der Waals surface area (Å²) < 4.78 is 11.0. The van der Waals surface area contributed by atoms with E-state index in [1.165, 1.54) is 7.11 Å². The van der Waals surface area contributed by atoms with Gasteiger partial charge in [-0.2, -0.15) is 0 Å². The van der Waals surface area contributed by atoms with Crippen molar-refractivity contribution in [3.63, 3.8) is 0 Å². The van der Waals surface area contributed by atoms with Gasteiger partial charge in [-0.3, -0.25) is 0 Å². The highest BCUT2D eigenvalue weighted by Gasteiger charge is 2.44. The van der Waals surface area contributed by atoms with E-state index in [0.717, 1.165) is 33.4 Å². The lowest BCUT2D eigenvalue weighted by molar-refractivity contribution is -0.231. The predicted molar refractivity (Wildman–Crippen MR) is 146 cm³/mol. The molecule has 1 fully saturated rings. The van der Waals surface area contributed by atoms with E-state index in [1.807, 2.05) is 66.7 Å². The summed E-state index contributed by atoms with van der Waals surface area (Å²) >= 11 is 0. The Bertz CT molecular complexity index is 1400. The maximum Gasteiger partial charge on any atom is 0.338 e. The molecule has 0 unspecified atom stereocenters. The number of carbonyl (C=O) groups excluding carboxylic acids is 1. The van der Waals surface area contributed by atoms with Crippen LogP contribution in [0.3, 0.4) is 0 Å². The molecular formula is C32H32O7. The van der Waals surface area contributed by atoms with Gasteiger partial charge in [0.15, 0.2) is 0 Å². The number of aliphatic hydroxyl groups is 4. The lowest BCUT2D eigenvalue weighted by Gasteiger charge is -2.40. The zero-order valence-electron chi connectivity index (χ0n) is 21.6. The van der Waals surface area contributed by atoms with E-state index >= 15 is 0 Å². The van der Waals surface area contributed by atoms with Crippen molar-refractivity contribution in [1.82, 2.24) is 0 Å². The van der Waals surface area contributed by atoms with Gasteiger partial charge in [0, 0.05) is 0 Å². The average molecular weight is 529 g/mol. The maximum atomic E-state index is 13.1. The van der Waals surface area contributed by atoms with E-state index in [0.29, 0.717) is 24.0 Å². The number of rotatable bonds is 7. The molecule has 3 aliphatic rings.